The number of hydrogen-bond acceptors (Lipinski definition) is 5. The first-order valence-electron chi connectivity index (χ1n) is 8.11. The molecule has 1 heterocycles. The zero-order valence-corrected chi connectivity index (χ0v) is 15.0. The van der Waals surface area contributed by atoms with E-state index in [0.29, 0.717) is 22.4 Å². The second-order valence-electron chi connectivity index (χ2n) is 5.63. The molecule has 0 spiro atoms. The maximum Gasteiger partial charge on any atom is 0.282 e. The van der Waals surface area contributed by atoms with E-state index in [4.69, 9.17) is 9.47 Å². The number of aromatic nitrogens is 1. The van der Waals surface area contributed by atoms with E-state index >= 15 is 0 Å². The summed E-state index contributed by atoms with van der Waals surface area (Å²) in [5.41, 5.74) is 3.33. The number of hydrogen-bond donors (Lipinski definition) is 0. The molecule has 3 rings (SSSR count). The van der Waals surface area contributed by atoms with Crippen LogP contribution >= 0.6 is 11.3 Å². The highest BCUT2D eigenvalue weighted by Gasteiger charge is 2.09. The summed E-state index contributed by atoms with van der Waals surface area (Å²) in [5, 5.41) is 1.20. The van der Waals surface area contributed by atoms with Crippen molar-refractivity contribution >= 4 is 17.6 Å². The maximum absolute atomic E-state index is 10.5. The standard InChI is InChI=1S/C20H19NO3S/c1-3-16-12-14(2)4-9-18(16)24-20-21-13-19(25-20)23-17-7-5-15(6-8-17)10-11-22/h4-9,11-13H,3,10H2,1-2H3. The van der Waals surface area contributed by atoms with Crippen molar-refractivity contribution in [1.82, 2.24) is 4.98 Å². The van der Waals surface area contributed by atoms with Gasteiger partial charge in [-0.3, -0.25) is 0 Å². The third-order valence-electron chi connectivity index (χ3n) is 3.72. The van der Waals surface area contributed by atoms with Gasteiger partial charge in [0.2, 0.25) is 5.06 Å². The van der Waals surface area contributed by atoms with Gasteiger partial charge in [0.05, 0.1) is 6.20 Å². The summed E-state index contributed by atoms with van der Waals surface area (Å²) in [7, 11) is 0. The fourth-order valence-electron chi connectivity index (χ4n) is 2.42. The topological polar surface area (TPSA) is 48.4 Å². The van der Waals surface area contributed by atoms with E-state index in [1.54, 1.807) is 6.20 Å². The molecular formula is C20H19NO3S. The Kier molecular flexibility index (Phi) is 5.46. The van der Waals surface area contributed by atoms with Crippen LogP contribution in [0.5, 0.6) is 21.8 Å². The predicted molar refractivity (Wildman–Crippen MR) is 99.0 cm³/mol. The van der Waals surface area contributed by atoms with Gasteiger partial charge >= 0.3 is 0 Å². The molecule has 0 radical (unpaired) electrons. The van der Waals surface area contributed by atoms with Crippen LogP contribution in [0.4, 0.5) is 0 Å². The number of rotatable bonds is 7. The van der Waals surface area contributed by atoms with Crippen molar-refractivity contribution in [3.05, 3.63) is 65.4 Å². The van der Waals surface area contributed by atoms with Gasteiger partial charge in [0, 0.05) is 6.42 Å². The van der Waals surface area contributed by atoms with Crippen molar-refractivity contribution < 1.29 is 14.3 Å². The van der Waals surface area contributed by atoms with E-state index in [1.807, 2.05) is 36.4 Å². The third-order valence-corrected chi connectivity index (χ3v) is 4.47. The summed E-state index contributed by atoms with van der Waals surface area (Å²) in [4.78, 5) is 14.8. The third kappa shape index (κ3) is 4.45. The molecule has 3 aromatic rings. The fourth-order valence-corrected chi connectivity index (χ4v) is 3.07. The molecule has 0 aliphatic heterocycles. The molecule has 0 aliphatic carbocycles. The number of thiazole rings is 1. The van der Waals surface area contributed by atoms with E-state index in [-0.39, 0.29) is 0 Å². The first kappa shape index (κ1) is 17.2. The van der Waals surface area contributed by atoms with E-state index in [9.17, 15) is 4.79 Å². The lowest BCUT2D eigenvalue weighted by Crippen LogP contribution is -1.90. The Hall–Kier alpha value is -2.66. The maximum atomic E-state index is 10.5. The molecule has 0 unspecified atom stereocenters. The van der Waals surface area contributed by atoms with E-state index < -0.39 is 0 Å². The van der Waals surface area contributed by atoms with Gasteiger partial charge in [-0.1, -0.05) is 36.8 Å². The highest BCUT2D eigenvalue weighted by Crippen LogP contribution is 2.35. The summed E-state index contributed by atoms with van der Waals surface area (Å²) in [6.45, 7) is 4.17. The van der Waals surface area contributed by atoms with Gasteiger partial charge in [0.15, 0.2) is 0 Å². The van der Waals surface area contributed by atoms with Crippen LogP contribution in [-0.4, -0.2) is 11.3 Å². The number of aryl methyl sites for hydroxylation is 2. The van der Waals surface area contributed by atoms with Crippen LogP contribution < -0.4 is 9.47 Å². The van der Waals surface area contributed by atoms with Gasteiger partial charge in [-0.15, -0.1) is 0 Å². The molecule has 0 aliphatic rings. The van der Waals surface area contributed by atoms with Crippen molar-refractivity contribution in [2.45, 2.75) is 26.7 Å². The number of ether oxygens (including phenoxy) is 2. The zero-order chi connectivity index (χ0) is 17.6. The monoisotopic (exact) mass is 353 g/mol. The Morgan fingerprint density at radius 1 is 1.12 bits per heavy atom. The Bertz CT molecular complexity index is 856. The van der Waals surface area contributed by atoms with Gasteiger partial charge in [-0.2, -0.15) is 0 Å². The molecule has 5 heteroatoms. The van der Waals surface area contributed by atoms with Crippen LogP contribution in [0, 0.1) is 6.92 Å². The Morgan fingerprint density at radius 3 is 2.64 bits per heavy atom. The predicted octanol–water partition coefficient (Wildman–Crippen LogP) is 5.34. The molecule has 1 aromatic heterocycles. The summed E-state index contributed by atoms with van der Waals surface area (Å²) < 4.78 is 11.7. The molecule has 0 N–H and O–H groups in total. The van der Waals surface area contributed by atoms with E-state index in [0.717, 1.165) is 29.6 Å². The Balaban J connectivity index is 1.69. The number of aldehydes is 1. The van der Waals surface area contributed by atoms with Crippen LogP contribution in [-0.2, 0) is 17.6 Å². The number of carbonyl (C=O) groups is 1. The molecule has 2 aromatic carbocycles. The van der Waals surface area contributed by atoms with Crippen LogP contribution in [0.15, 0.2) is 48.7 Å². The minimum absolute atomic E-state index is 0.412. The number of carbonyl (C=O) groups excluding carboxylic acids is 1. The van der Waals surface area contributed by atoms with Crippen molar-refractivity contribution in [3.63, 3.8) is 0 Å². The SMILES string of the molecule is CCc1cc(C)ccc1Oc1ncc(Oc2ccc(CC=O)cc2)s1. The first-order valence-corrected chi connectivity index (χ1v) is 8.93. The van der Waals surface area contributed by atoms with Crippen molar-refractivity contribution in [1.29, 1.82) is 0 Å². The minimum Gasteiger partial charge on any atom is -0.445 e. The van der Waals surface area contributed by atoms with Crippen LogP contribution in [0.3, 0.4) is 0 Å². The van der Waals surface area contributed by atoms with Crippen LogP contribution in [0.25, 0.3) is 0 Å². The molecule has 4 nitrogen and oxygen atoms in total. The normalized spacial score (nSPS) is 10.5. The zero-order valence-electron chi connectivity index (χ0n) is 14.2. The molecular weight excluding hydrogens is 334 g/mol. The van der Waals surface area contributed by atoms with Crippen molar-refractivity contribution in [3.8, 4) is 21.8 Å². The number of nitrogens with zero attached hydrogens (tertiary/aromatic N) is 1. The van der Waals surface area contributed by atoms with Gasteiger partial charge in [0.25, 0.3) is 5.19 Å². The lowest BCUT2D eigenvalue weighted by molar-refractivity contribution is -0.107. The molecule has 0 amide bonds. The second kappa shape index (κ2) is 7.94. The average Bonchev–Trinajstić information content (AvgIpc) is 3.05. The fraction of sp³-hybridized carbons (Fsp3) is 0.200. The van der Waals surface area contributed by atoms with Crippen molar-refractivity contribution in [2.24, 2.45) is 0 Å². The average molecular weight is 353 g/mol. The summed E-state index contributed by atoms with van der Waals surface area (Å²) >= 11 is 1.35. The molecule has 128 valence electrons. The quantitative estimate of drug-likeness (QED) is 0.538. The largest absolute Gasteiger partial charge is 0.445 e. The molecule has 0 bridgehead atoms. The number of benzene rings is 2. The lowest BCUT2D eigenvalue weighted by Gasteiger charge is -2.08. The smallest absolute Gasteiger partial charge is 0.282 e. The first-order chi connectivity index (χ1) is 12.2. The van der Waals surface area contributed by atoms with Crippen LogP contribution in [0.2, 0.25) is 0 Å². The van der Waals surface area contributed by atoms with Gasteiger partial charge < -0.3 is 14.3 Å². The van der Waals surface area contributed by atoms with Gasteiger partial charge in [0.1, 0.15) is 17.8 Å². The molecule has 0 saturated carbocycles. The highest BCUT2D eigenvalue weighted by molar-refractivity contribution is 7.15. The van der Waals surface area contributed by atoms with E-state index in [2.05, 4.69) is 24.9 Å². The highest BCUT2D eigenvalue weighted by atomic mass is 32.1. The second-order valence-corrected chi connectivity index (χ2v) is 6.58. The van der Waals surface area contributed by atoms with Crippen LogP contribution in [0.1, 0.15) is 23.6 Å². The van der Waals surface area contributed by atoms with Gasteiger partial charge in [-0.05, 0) is 54.0 Å². The molecule has 0 saturated heterocycles. The van der Waals surface area contributed by atoms with E-state index in [1.165, 1.54) is 16.9 Å². The van der Waals surface area contributed by atoms with Crippen molar-refractivity contribution in [2.75, 3.05) is 0 Å². The molecule has 0 atom stereocenters. The Labute approximate surface area is 151 Å². The Morgan fingerprint density at radius 2 is 1.92 bits per heavy atom. The summed E-state index contributed by atoms with van der Waals surface area (Å²) in [6.07, 6.45) is 3.85. The summed E-state index contributed by atoms with van der Waals surface area (Å²) in [5.74, 6) is 1.53. The summed E-state index contributed by atoms with van der Waals surface area (Å²) in [6, 6.07) is 13.6. The van der Waals surface area contributed by atoms with Gasteiger partial charge in [-0.25, -0.2) is 4.98 Å². The minimum atomic E-state index is 0.412. The molecule has 25 heavy (non-hydrogen) atoms. The lowest BCUT2D eigenvalue weighted by atomic mass is 10.1. The molecule has 0 fully saturated rings.